The van der Waals surface area contributed by atoms with Crippen LogP contribution in [0.3, 0.4) is 0 Å². The number of hydrogen-bond donors (Lipinski definition) is 1. The minimum atomic E-state index is -3.51. The maximum atomic E-state index is 12.3. The molecule has 0 bridgehead atoms. The Morgan fingerprint density at radius 3 is 2.65 bits per heavy atom. The first-order valence-corrected chi connectivity index (χ1v) is 8.48. The number of nitrogens with two attached hydrogens (primary N) is 1. The van der Waals surface area contributed by atoms with Crippen molar-refractivity contribution in [2.45, 2.75) is 6.42 Å². The van der Waals surface area contributed by atoms with Crippen LogP contribution in [-0.2, 0) is 10.0 Å². The fraction of sp³-hybridized carbons (Fsp3) is 0.417. The van der Waals surface area contributed by atoms with Gasteiger partial charge in [-0.1, -0.05) is 23.2 Å². The van der Waals surface area contributed by atoms with Crippen LogP contribution in [0.15, 0.2) is 18.2 Å². The number of nitrogens with zero attached hydrogens (tertiary/aromatic N) is 1. The molecule has 1 aromatic rings. The molecule has 0 aliphatic carbocycles. The molecule has 1 aromatic carbocycles. The number of rotatable bonds is 3. The number of primary sulfonamides is 1. The van der Waals surface area contributed by atoms with Crippen LogP contribution < -0.4 is 5.14 Å². The number of halogens is 2. The van der Waals surface area contributed by atoms with E-state index in [1.807, 2.05) is 0 Å². The van der Waals surface area contributed by atoms with Crippen LogP contribution in [0.4, 0.5) is 0 Å². The maximum absolute atomic E-state index is 12.3. The predicted molar refractivity (Wildman–Crippen MR) is 78.4 cm³/mol. The van der Waals surface area contributed by atoms with E-state index in [4.69, 9.17) is 28.3 Å². The number of likely N-dealkylation sites (tertiary alicyclic amines) is 1. The molecule has 0 unspecified atom stereocenters. The molecule has 8 heteroatoms. The second-order valence-corrected chi connectivity index (χ2v) is 7.34. The monoisotopic (exact) mass is 336 g/mol. The number of carbonyl (C=O) groups is 1. The lowest BCUT2D eigenvalue weighted by Gasteiger charge is -2.16. The lowest BCUT2D eigenvalue weighted by molar-refractivity contribution is 0.0788. The minimum absolute atomic E-state index is 0.0991. The summed E-state index contributed by atoms with van der Waals surface area (Å²) < 4.78 is 22.1. The summed E-state index contributed by atoms with van der Waals surface area (Å²) in [6.07, 6.45) is 0.628. The van der Waals surface area contributed by atoms with E-state index in [0.717, 1.165) is 0 Å². The molecule has 2 N–H and O–H groups in total. The highest BCUT2D eigenvalue weighted by Gasteiger charge is 2.29. The van der Waals surface area contributed by atoms with Crippen molar-refractivity contribution in [3.8, 4) is 0 Å². The molecule has 0 radical (unpaired) electrons. The first-order valence-electron chi connectivity index (χ1n) is 6.01. The highest BCUT2D eigenvalue weighted by Crippen LogP contribution is 2.25. The molecule has 1 saturated heterocycles. The van der Waals surface area contributed by atoms with Gasteiger partial charge in [-0.2, -0.15) is 0 Å². The Kier molecular flexibility index (Phi) is 4.59. The van der Waals surface area contributed by atoms with Crippen molar-refractivity contribution in [2.24, 2.45) is 11.1 Å². The SMILES string of the molecule is NS(=O)(=O)C[C@H]1CCN(C(=O)c2ccc(Cl)c(Cl)c2)C1. The van der Waals surface area contributed by atoms with Gasteiger partial charge in [-0.05, 0) is 30.5 Å². The summed E-state index contributed by atoms with van der Waals surface area (Å²) in [5.41, 5.74) is 0.440. The molecule has 1 aliphatic rings. The van der Waals surface area contributed by atoms with Crippen molar-refractivity contribution in [2.75, 3.05) is 18.8 Å². The van der Waals surface area contributed by atoms with Crippen molar-refractivity contribution in [3.63, 3.8) is 0 Å². The quantitative estimate of drug-likeness (QED) is 0.912. The molecule has 0 spiro atoms. The molecule has 20 heavy (non-hydrogen) atoms. The fourth-order valence-electron chi connectivity index (χ4n) is 2.29. The number of amides is 1. The number of benzene rings is 1. The zero-order valence-corrected chi connectivity index (χ0v) is 12.9. The van der Waals surface area contributed by atoms with Crippen molar-refractivity contribution in [3.05, 3.63) is 33.8 Å². The van der Waals surface area contributed by atoms with Crippen LogP contribution in [0.1, 0.15) is 16.8 Å². The topological polar surface area (TPSA) is 80.5 Å². The molecule has 0 saturated carbocycles. The van der Waals surface area contributed by atoms with E-state index in [1.165, 1.54) is 6.07 Å². The highest BCUT2D eigenvalue weighted by molar-refractivity contribution is 7.89. The molecule has 1 amide bonds. The van der Waals surface area contributed by atoms with Crippen LogP contribution in [-0.4, -0.2) is 38.1 Å². The predicted octanol–water partition coefficient (Wildman–Crippen LogP) is 1.74. The first kappa shape index (κ1) is 15.6. The molecule has 5 nitrogen and oxygen atoms in total. The first-order chi connectivity index (χ1) is 9.26. The molecule has 1 atom stereocenters. The standard InChI is InChI=1S/C12H14Cl2N2O3S/c13-10-2-1-9(5-11(10)14)12(17)16-4-3-8(6-16)7-20(15,18)19/h1-2,5,8H,3-4,6-7H2,(H2,15,18,19)/t8-/m0/s1. The third kappa shape index (κ3) is 3.85. The van der Waals surface area contributed by atoms with Crippen molar-refractivity contribution >= 4 is 39.1 Å². The van der Waals surface area contributed by atoms with E-state index in [2.05, 4.69) is 0 Å². The smallest absolute Gasteiger partial charge is 0.253 e. The normalized spacial score (nSPS) is 19.4. The van der Waals surface area contributed by atoms with Gasteiger partial charge in [0.2, 0.25) is 10.0 Å². The van der Waals surface area contributed by atoms with Gasteiger partial charge in [0.15, 0.2) is 0 Å². The summed E-state index contributed by atoms with van der Waals surface area (Å²) >= 11 is 11.7. The van der Waals surface area contributed by atoms with Crippen molar-refractivity contribution in [1.82, 2.24) is 4.90 Å². The largest absolute Gasteiger partial charge is 0.338 e. The van der Waals surface area contributed by atoms with Crippen molar-refractivity contribution < 1.29 is 13.2 Å². The second kappa shape index (κ2) is 5.89. The number of carbonyl (C=O) groups excluding carboxylic acids is 1. The number of hydrogen-bond acceptors (Lipinski definition) is 3. The molecule has 2 rings (SSSR count). The molecule has 1 heterocycles. The zero-order valence-electron chi connectivity index (χ0n) is 10.6. The van der Waals surface area contributed by atoms with Crippen LogP contribution >= 0.6 is 23.2 Å². The van der Waals surface area contributed by atoms with Crippen LogP contribution in [0.5, 0.6) is 0 Å². The summed E-state index contributed by atoms with van der Waals surface area (Å²) in [6, 6.07) is 4.68. The van der Waals surface area contributed by atoms with Gasteiger partial charge in [-0.25, -0.2) is 13.6 Å². The second-order valence-electron chi connectivity index (χ2n) is 4.86. The lowest BCUT2D eigenvalue weighted by atomic mass is 10.1. The van der Waals surface area contributed by atoms with Gasteiger partial charge >= 0.3 is 0 Å². The summed E-state index contributed by atoms with van der Waals surface area (Å²) in [4.78, 5) is 13.9. The lowest BCUT2D eigenvalue weighted by Crippen LogP contribution is -2.30. The Labute approximate surface area is 127 Å². The number of sulfonamides is 1. The summed E-state index contributed by atoms with van der Waals surface area (Å²) in [6.45, 7) is 0.898. The fourth-order valence-corrected chi connectivity index (χ4v) is 3.52. The molecular weight excluding hydrogens is 323 g/mol. The van der Waals surface area contributed by atoms with Gasteiger partial charge in [0.25, 0.3) is 5.91 Å². The zero-order chi connectivity index (χ0) is 14.9. The summed E-state index contributed by atoms with van der Waals surface area (Å²) in [5.74, 6) is -0.393. The Morgan fingerprint density at radius 2 is 2.05 bits per heavy atom. The maximum Gasteiger partial charge on any atom is 0.253 e. The summed E-state index contributed by atoms with van der Waals surface area (Å²) in [5, 5.41) is 5.72. The van der Waals surface area contributed by atoms with E-state index in [-0.39, 0.29) is 17.6 Å². The van der Waals surface area contributed by atoms with Crippen LogP contribution in [0, 0.1) is 5.92 Å². The van der Waals surface area contributed by atoms with E-state index in [9.17, 15) is 13.2 Å². The Hall–Kier alpha value is -0.820. The van der Waals surface area contributed by atoms with E-state index in [0.29, 0.717) is 35.1 Å². The Bertz CT molecular complexity index is 634. The highest BCUT2D eigenvalue weighted by atomic mass is 35.5. The van der Waals surface area contributed by atoms with Gasteiger partial charge in [0, 0.05) is 18.7 Å². The van der Waals surface area contributed by atoms with Crippen LogP contribution in [0.25, 0.3) is 0 Å². The molecule has 1 aliphatic heterocycles. The van der Waals surface area contributed by atoms with Crippen LogP contribution in [0.2, 0.25) is 10.0 Å². The molecule has 110 valence electrons. The van der Waals surface area contributed by atoms with E-state index in [1.54, 1.807) is 17.0 Å². The Morgan fingerprint density at radius 1 is 1.35 bits per heavy atom. The van der Waals surface area contributed by atoms with Gasteiger partial charge < -0.3 is 4.90 Å². The average molecular weight is 337 g/mol. The minimum Gasteiger partial charge on any atom is -0.338 e. The molecule has 1 fully saturated rings. The third-order valence-electron chi connectivity index (χ3n) is 3.21. The van der Waals surface area contributed by atoms with Gasteiger partial charge in [0.05, 0.1) is 15.8 Å². The third-order valence-corrected chi connectivity index (χ3v) is 4.88. The van der Waals surface area contributed by atoms with Gasteiger partial charge in [-0.3, -0.25) is 4.79 Å². The average Bonchev–Trinajstić information content (AvgIpc) is 2.78. The van der Waals surface area contributed by atoms with Crippen molar-refractivity contribution in [1.29, 1.82) is 0 Å². The molecule has 0 aromatic heterocycles. The molecular formula is C12H14Cl2N2O3S. The van der Waals surface area contributed by atoms with Gasteiger partial charge in [-0.15, -0.1) is 0 Å². The summed E-state index contributed by atoms with van der Waals surface area (Å²) in [7, 11) is -3.51. The Balaban J connectivity index is 2.06. The van der Waals surface area contributed by atoms with E-state index < -0.39 is 10.0 Å². The van der Waals surface area contributed by atoms with Gasteiger partial charge in [0.1, 0.15) is 0 Å². The van der Waals surface area contributed by atoms with E-state index >= 15 is 0 Å².